The van der Waals surface area contributed by atoms with Crippen molar-refractivity contribution < 1.29 is 19.4 Å². The second-order valence-corrected chi connectivity index (χ2v) is 9.21. The highest BCUT2D eigenvalue weighted by atomic mass is 35.5. The van der Waals surface area contributed by atoms with E-state index in [1.807, 2.05) is 0 Å². The van der Waals surface area contributed by atoms with Crippen LogP contribution in [0.4, 0.5) is 0 Å². The minimum absolute atomic E-state index is 0.125. The number of carbonyl (C=O) groups is 2. The van der Waals surface area contributed by atoms with E-state index in [-0.39, 0.29) is 29.0 Å². The fourth-order valence-electron chi connectivity index (χ4n) is 6.30. The molecule has 3 aliphatic carbocycles. The number of Topliss-reactive ketones (excluding diaryl/α,β-unsaturated/α-hetero) is 1. The number of rotatable bonds is 1. The van der Waals surface area contributed by atoms with Crippen LogP contribution < -0.4 is 0 Å². The summed E-state index contributed by atoms with van der Waals surface area (Å²) in [6, 6.07) is 0. The number of ketones is 1. The number of hydrogen-bond donors (Lipinski definition) is 1. The summed E-state index contributed by atoms with van der Waals surface area (Å²) in [6.07, 6.45) is 6.64. The van der Waals surface area contributed by atoms with Crippen LogP contribution in [0.3, 0.4) is 0 Å². The van der Waals surface area contributed by atoms with Crippen LogP contribution in [-0.4, -0.2) is 29.1 Å². The van der Waals surface area contributed by atoms with E-state index in [4.69, 9.17) is 16.3 Å². The summed E-state index contributed by atoms with van der Waals surface area (Å²) in [4.78, 5) is 23.9. The molecule has 2 fully saturated rings. The molecule has 136 valence electrons. The molecule has 4 aliphatic rings. The zero-order chi connectivity index (χ0) is 18.2. The zero-order valence-electron chi connectivity index (χ0n) is 15.0. The van der Waals surface area contributed by atoms with Crippen LogP contribution in [0.5, 0.6) is 0 Å². The number of carbonyl (C=O) groups excluding carboxylic acids is 2. The van der Waals surface area contributed by atoms with Crippen LogP contribution in [0.25, 0.3) is 0 Å². The molecule has 25 heavy (non-hydrogen) atoms. The van der Waals surface area contributed by atoms with Crippen molar-refractivity contribution in [1.82, 2.24) is 0 Å². The summed E-state index contributed by atoms with van der Waals surface area (Å²) in [5.74, 6) is 0.260. The average molecular weight is 365 g/mol. The molecule has 6 atom stereocenters. The molecule has 2 saturated carbocycles. The summed E-state index contributed by atoms with van der Waals surface area (Å²) in [5, 5.41) is 11.8. The van der Waals surface area contributed by atoms with Gasteiger partial charge in [-0.15, -0.1) is 0 Å². The van der Waals surface area contributed by atoms with Crippen LogP contribution in [0, 0.1) is 28.6 Å². The Morgan fingerprint density at radius 2 is 1.96 bits per heavy atom. The summed E-state index contributed by atoms with van der Waals surface area (Å²) in [5.41, 5.74) is -1.06. The van der Waals surface area contributed by atoms with Gasteiger partial charge in [0.15, 0.2) is 5.78 Å². The number of esters is 1. The summed E-state index contributed by atoms with van der Waals surface area (Å²) >= 11 is 6.59. The van der Waals surface area contributed by atoms with Crippen LogP contribution in [0.2, 0.25) is 0 Å². The number of fused-ring (bicyclic) bond motifs is 5. The Kier molecular flexibility index (Phi) is 3.60. The lowest BCUT2D eigenvalue weighted by molar-refractivity contribution is -0.159. The van der Waals surface area contributed by atoms with Crippen molar-refractivity contribution in [2.75, 3.05) is 6.61 Å². The van der Waals surface area contributed by atoms with Crippen molar-refractivity contribution >= 4 is 23.4 Å². The number of allylic oxidation sites excluding steroid dienone is 2. The second-order valence-electron chi connectivity index (χ2n) is 8.80. The van der Waals surface area contributed by atoms with Crippen molar-refractivity contribution in [3.63, 3.8) is 0 Å². The molecule has 4 rings (SSSR count). The van der Waals surface area contributed by atoms with E-state index in [1.54, 1.807) is 0 Å². The predicted molar refractivity (Wildman–Crippen MR) is 93.8 cm³/mol. The first-order valence-electron chi connectivity index (χ1n) is 9.13. The standard InChI is InChI=1S/C20H25ClO4/c1-11(22)20(24)7-5-14-12-8-16(21)15-9-17(23)25-10-18(15,2)13(12)4-6-19(14,20)3/h8-9,12-14,24H,4-7,10H2,1-3H3/t12-,13-,14+,18-,19-,20+/m0/s1. The molecule has 0 aromatic heterocycles. The van der Waals surface area contributed by atoms with Gasteiger partial charge in [0.1, 0.15) is 12.2 Å². The lowest BCUT2D eigenvalue weighted by Crippen LogP contribution is -2.57. The molecule has 0 radical (unpaired) electrons. The smallest absolute Gasteiger partial charge is 0.331 e. The topological polar surface area (TPSA) is 63.6 Å². The highest BCUT2D eigenvalue weighted by Crippen LogP contribution is 2.66. The van der Waals surface area contributed by atoms with Gasteiger partial charge < -0.3 is 9.84 Å². The monoisotopic (exact) mass is 364 g/mol. The van der Waals surface area contributed by atoms with Crippen LogP contribution >= 0.6 is 11.6 Å². The van der Waals surface area contributed by atoms with E-state index in [0.29, 0.717) is 24.0 Å². The van der Waals surface area contributed by atoms with E-state index < -0.39 is 11.0 Å². The third-order valence-corrected chi connectivity index (χ3v) is 8.20. The molecular weight excluding hydrogens is 340 g/mol. The van der Waals surface area contributed by atoms with Gasteiger partial charge in [0, 0.05) is 21.9 Å². The Morgan fingerprint density at radius 3 is 2.64 bits per heavy atom. The second kappa shape index (κ2) is 5.20. The van der Waals surface area contributed by atoms with Crippen molar-refractivity contribution in [3.05, 3.63) is 22.8 Å². The normalized spacial score (nSPS) is 48.5. The minimum atomic E-state index is -1.24. The quantitative estimate of drug-likeness (QED) is 0.724. The van der Waals surface area contributed by atoms with Gasteiger partial charge in [-0.1, -0.05) is 31.5 Å². The molecule has 0 amide bonds. The van der Waals surface area contributed by atoms with E-state index in [1.165, 1.54) is 13.0 Å². The Hall–Kier alpha value is -1.13. The SMILES string of the molecule is CC(=O)[C@]1(O)CC[C@@H]2[C@H]3C=C(Cl)C4=CC(=O)OC[C@@]4(C)[C@H]3CC[C@@]21C. The summed E-state index contributed by atoms with van der Waals surface area (Å²) in [6.45, 7) is 6.06. The fourth-order valence-corrected chi connectivity index (χ4v) is 6.71. The van der Waals surface area contributed by atoms with Gasteiger partial charge in [0.25, 0.3) is 0 Å². The van der Waals surface area contributed by atoms with Crippen LogP contribution in [-0.2, 0) is 14.3 Å². The maximum atomic E-state index is 12.2. The summed E-state index contributed by atoms with van der Waals surface area (Å²) < 4.78 is 5.36. The van der Waals surface area contributed by atoms with Gasteiger partial charge in [-0.3, -0.25) is 4.79 Å². The number of cyclic esters (lactones) is 1. The van der Waals surface area contributed by atoms with Gasteiger partial charge in [-0.2, -0.15) is 0 Å². The molecule has 5 heteroatoms. The summed E-state index contributed by atoms with van der Waals surface area (Å²) in [7, 11) is 0. The van der Waals surface area contributed by atoms with Gasteiger partial charge in [0.05, 0.1) is 0 Å². The zero-order valence-corrected chi connectivity index (χ0v) is 15.7. The number of ether oxygens (including phenoxy) is 1. The molecule has 1 aliphatic heterocycles. The van der Waals surface area contributed by atoms with Gasteiger partial charge in [-0.05, 0) is 55.9 Å². The van der Waals surface area contributed by atoms with Crippen molar-refractivity contribution in [1.29, 1.82) is 0 Å². The molecule has 0 saturated heterocycles. The fraction of sp³-hybridized carbons (Fsp3) is 0.700. The van der Waals surface area contributed by atoms with E-state index in [0.717, 1.165) is 24.8 Å². The Bertz CT molecular complexity index is 725. The highest BCUT2D eigenvalue weighted by molar-refractivity contribution is 6.32. The first-order chi connectivity index (χ1) is 11.6. The molecule has 0 aromatic rings. The molecule has 0 unspecified atom stereocenters. The van der Waals surface area contributed by atoms with E-state index in [2.05, 4.69) is 19.9 Å². The van der Waals surface area contributed by atoms with Crippen LogP contribution in [0.1, 0.15) is 46.5 Å². The first-order valence-corrected chi connectivity index (χ1v) is 9.51. The minimum Gasteiger partial charge on any atom is -0.462 e. The molecule has 0 bridgehead atoms. The third kappa shape index (κ3) is 2.04. The largest absolute Gasteiger partial charge is 0.462 e. The molecule has 1 heterocycles. The van der Waals surface area contributed by atoms with E-state index in [9.17, 15) is 14.7 Å². The van der Waals surface area contributed by atoms with Crippen molar-refractivity contribution in [2.45, 2.75) is 52.1 Å². The number of hydrogen-bond acceptors (Lipinski definition) is 4. The lowest BCUT2D eigenvalue weighted by Gasteiger charge is -2.56. The average Bonchev–Trinajstić information content (AvgIpc) is 2.83. The molecular formula is C20H25ClO4. The number of halogens is 1. The third-order valence-electron chi connectivity index (χ3n) is 7.87. The van der Waals surface area contributed by atoms with Gasteiger partial charge >= 0.3 is 5.97 Å². The predicted octanol–water partition coefficient (Wildman–Crippen LogP) is 3.37. The number of aliphatic hydroxyl groups is 1. The van der Waals surface area contributed by atoms with E-state index >= 15 is 0 Å². The lowest BCUT2D eigenvalue weighted by atomic mass is 9.49. The van der Waals surface area contributed by atoms with Gasteiger partial charge in [0.2, 0.25) is 0 Å². The highest BCUT2D eigenvalue weighted by Gasteiger charge is 2.65. The Balaban J connectivity index is 1.80. The Morgan fingerprint density at radius 1 is 1.28 bits per heavy atom. The van der Waals surface area contributed by atoms with Crippen molar-refractivity contribution in [2.24, 2.45) is 28.6 Å². The van der Waals surface area contributed by atoms with Crippen molar-refractivity contribution in [3.8, 4) is 0 Å². The molecule has 1 N–H and O–H groups in total. The van der Waals surface area contributed by atoms with Gasteiger partial charge in [-0.25, -0.2) is 4.79 Å². The molecule has 0 aromatic carbocycles. The van der Waals surface area contributed by atoms with Crippen LogP contribution in [0.15, 0.2) is 22.8 Å². The first kappa shape index (κ1) is 17.3. The molecule has 4 nitrogen and oxygen atoms in total. The Labute approximate surface area is 153 Å². The maximum Gasteiger partial charge on any atom is 0.331 e. The molecule has 0 spiro atoms. The maximum absolute atomic E-state index is 12.2.